The van der Waals surface area contributed by atoms with Crippen LogP contribution in [0.1, 0.15) is 57.8 Å². The van der Waals surface area contributed by atoms with Gasteiger partial charge in [0.05, 0.1) is 5.54 Å². The predicted molar refractivity (Wildman–Crippen MR) is 80.0 cm³/mol. The lowest BCUT2D eigenvalue weighted by molar-refractivity contribution is -0.125. The Labute approximate surface area is 122 Å². The molecule has 3 aliphatic rings. The molecule has 4 unspecified atom stereocenters. The largest absolute Gasteiger partial charge is 0.368 e. The van der Waals surface area contributed by atoms with Crippen molar-refractivity contribution < 1.29 is 4.79 Å². The number of piperidine rings is 1. The average Bonchev–Trinajstić information content (AvgIpc) is 2.46. The van der Waals surface area contributed by atoms with Gasteiger partial charge in [0.25, 0.3) is 0 Å². The molecule has 0 aromatic rings. The first-order chi connectivity index (χ1) is 9.58. The number of amides is 1. The van der Waals surface area contributed by atoms with Gasteiger partial charge in [0.2, 0.25) is 5.91 Å². The van der Waals surface area contributed by atoms with Gasteiger partial charge in [-0.15, -0.1) is 0 Å². The molecule has 1 amide bonds. The molecule has 0 aromatic heterocycles. The van der Waals surface area contributed by atoms with Crippen LogP contribution in [0.4, 0.5) is 0 Å². The Bertz CT molecular complexity index is 373. The van der Waals surface area contributed by atoms with Crippen molar-refractivity contribution in [3.05, 3.63) is 0 Å². The predicted octanol–water partition coefficient (Wildman–Crippen LogP) is 1.62. The normalized spacial score (nSPS) is 43.0. The van der Waals surface area contributed by atoms with E-state index in [0.29, 0.717) is 6.04 Å². The fourth-order valence-electron chi connectivity index (χ4n) is 4.77. The number of rotatable bonds is 2. The Balaban J connectivity index is 1.63. The minimum atomic E-state index is -0.758. The lowest BCUT2D eigenvalue weighted by Crippen LogP contribution is -2.59. The highest BCUT2D eigenvalue weighted by Gasteiger charge is 2.41. The highest BCUT2D eigenvalue weighted by Crippen LogP contribution is 2.39. The van der Waals surface area contributed by atoms with Gasteiger partial charge in [-0.2, -0.15) is 0 Å². The molecule has 2 saturated carbocycles. The zero-order chi connectivity index (χ0) is 14.2. The molecule has 114 valence electrons. The maximum absolute atomic E-state index is 11.6. The number of hydrogen-bond donors (Lipinski definition) is 2. The lowest BCUT2D eigenvalue weighted by atomic mass is 9.73. The molecule has 0 radical (unpaired) electrons. The first kappa shape index (κ1) is 14.3. The third-order valence-electron chi connectivity index (χ3n) is 6.09. The van der Waals surface area contributed by atoms with Gasteiger partial charge in [0, 0.05) is 12.6 Å². The molecule has 1 aliphatic heterocycles. The zero-order valence-electron chi connectivity index (χ0n) is 12.5. The molecule has 4 nitrogen and oxygen atoms in total. The minimum absolute atomic E-state index is 0.310. The Morgan fingerprint density at radius 2 is 1.80 bits per heavy atom. The smallest absolute Gasteiger partial charge is 0.237 e. The fourth-order valence-corrected chi connectivity index (χ4v) is 4.77. The van der Waals surface area contributed by atoms with Gasteiger partial charge in [-0.3, -0.25) is 4.79 Å². The van der Waals surface area contributed by atoms with Crippen molar-refractivity contribution in [2.45, 2.75) is 69.4 Å². The van der Waals surface area contributed by atoms with Crippen LogP contribution >= 0.6 is 0 Å². The van der Waals surface area contributed by atoms with E-state index < -0.39 is 5.54 Å². The first-order valence-corrected chi connectivity index (χ1v) is 8.41. The summed E-state index contributed by atoms with van der Waals surface area (Å²) < 4.78 is 0. The Kier molecular flexibility index (Phi) is 4.04. The SMILES string of the molecule is NC(=O)C1(N)CCCC(N2CCC3CCCCC3C2)C1. The van der Waals surface area contributed by atoms with E-state index in [1.807, 2.05) is 0 Å². The van der Waals surface area contributed by atoms with Crippen LogP contribution in [0.25, 0.3) is 0 Å². The molecule has 0 aromatic carbocycles. The topological polar surface area (TPSA) is 72.3 Å². The van der Waals surface area contributed by atoms with E-state index in [4.69, 9.17) is 11.5 Å². The second kappa shape index (κ2) is 5.64. The maximum Gasteiger partial charge on any atom is 0.237 e. The molecule has 3 rings (SSSR count). The summed E-state index contributed by atoms with van der Waals surface area (Å²) in [4.78, 5) is 14.2. The molecule has 0 spiro atoms. The summed E-state index contributed by atoms with van der Waals surface area (Å²) in [5.41, 5.74) is 11.0. The summed E-state index contributed by atoms with van der Waals surface area (Å²) in [5.74, 6) is 1.54. The van der Waals surface area contributed by atoms with E-state index in [-0.39, 0.29) is 5.91 Å². The van der Waals surface area contributed by atoms with E-state index in [1.165, 1.54) is 51.6 Å². The van der Waals surface area contributed by atoms with Crippen molar-refractivity contribution in [1.29, 1.82) is 0 Å². The number of nitrogens with two attached hydrogens (primary N) is 2. The zero-order valence-corrected chi connectivity index (χ0v) is 12.5. The average molecular weight is 279 g/mol. The third-order valence-corrected chi connectivity index (χ3v) is 6.09. The highest BCUT2D eigenvalue weighted by molar-refractivity contribution is 5.84. The van der Waals surface area contributed by atoms with E-state index >= 15 is 0 Å². The van der Waals surface area contributed by atoms with Gasteiger partial charge in [0.1, 0.15) is 0 Å². The third kappa shape index (κ3) is 2.73. The quantitative estimate of drug-likeness (QED) is 0.807. The molecular formula is C16H29N3O. The van der Waals surface area contributed by atoms with Crippen LogP contribution in [0.15, 0.2) is 0 Å². The number of hydrogen-bond acceptors (Lipinski definition) is 3. The minimum Gasteiger partial charge on any atom is -0.368 e. The number of carbonyl (C=O) groups is 1. The summed E-state index contributed by atoms with van der Waals surface area (Å²) in [6, 6.07) is 0.476. The highest BCUT2D eigenvalue weighted by atomic mass is 16.1. The van der Waals surface area contributed by atoms with Crippen molar-refractivity contribution in [2.75, 3.05) is 13.1 Å². The van der Waals surface area contributed by atoms with Gasteiger partial charge in [0.15, 0.2) is 0 Å². The molecule has 20 heavy (non-hydrogen) atoms. The number of likely N-dealkylation sites (tertiary alicyclic amines) is 1. The second-order valence-corrected chi connectivity index (χ2v) is 7.36. The summed E-state index contributed by atoms with van der Waals surface area (Å²) in [6.45, 7) is 2.42. The number of nitrogens with zero attached hydrogens (tertiary/aromatic N) is 1. The summed E-state index contributed by atoms with van der Waals surface area (Å²) in [5, 5.41) is 0. The van der Waals surface area contributed by atoms with Gasteiger partial charge in [-0.1, -0.05) is 19.3 Å². The Morgan fingerprint density at radius 3 is 2.55 bits per heavy atom. The van der Waals surface area contributed by atoms with Crippen molar-refractivity contribution in [3.63, 3.8) is 0 Å². The van der Waals surface area contributed by atoms with Crippen molar-refractivity contribution in [1.82, 2.24) is 4.90 Å². The van der Waals surface area contributed by atoms with E-state index in [0.717, 1.165) is 31.1 Å². The Hall–Kier alpha value is -0.610. The summed E-state index contributed by atoms with van der Waals surface area (Å²) >= 11 is 0. The van der Waals surface area contributed by atoms with Crippen molar-refractivity contribution in [3.8, 4) is 0 Å². The number of carbonyl (C=O) groups excluding carboxylic acids is 1. The Morgan fingerprint density at radius 1 is 1.05 bits per heavy atom. The van der Waals surface area contributed by atoms with Crippen LogP contribution in [-0.2, 0) is 4.79 Å². The van der Waals surface area contributed by atoms with Crippen LogP contribution in [0.2, 0.25) is 0 Å². The van der Waals surface area contributed by atoms with Crippen LogP contribution in [0.3, 0.4) is 0 Å². The van der Waals surface area contributed by atoms with Crippen LogP contribution in [0, 0.1) is 11.8 Å². The molecular weight excluding hydrogens is 250 g/mol. The van der Waals surface area contributed by atoms with Gasteiger partial charge in [-0.25, -0.2) is 0 Å². The molecule has 2 aliphatic carbocycles. The molecule has 0 bridgehead atoms. The van der Waals surface area contributed by atoms with Crippen molar-refractivity contribution >= 4 is 5.91 Å². The van der Waals surface area contributed by atoms with Crippen LogP contribution < -0.4 is 11.5 Å². The number of fused-ring (bicyclic) bond motifs is 1. The van der Waals surface area contributed by atoms with Gasteiger partial charge in [-0.05, 0) is 56.9 Å². The summed E-state index contributed by atoms with van der Waals surface area (Å²) in [7, 11) is 0. The molecule has 4 atom stereocenters. The molecule has 4 N–H and O–H groups in total. The second-order valence-electron chi connectivity index (χ2n) is 7.36. The lowest BCUT2D eigenvalue weighted by Gasteiger charge is -2.47. The van der Waals surface area contributed by atoms with Crippen LogP contribution in [0.5, 0.6) is 0 Å². The van der Waals surface area contributed by atoms with Crippen molar-refractivity contribution in [2.24, 2.45) is 23.3 Å². The molecule has 1 heterocycles. The first-order valence-electron chi connectivity index (χ1n) is 8.41. The van der Waals surface area contributed by atoms with E-state index in [2.05, 4.69) is 4.90 Å². The molecule has 4 heteroatoms. The molecule has 1 saturated heterocycles. The fraction of sp³-hybridized carbons (Fsp3) is 0.938. The van der Waals surface area contributed by atoms with E-state index in [9.17, 15) is 4.79 Å². The monoisotopic (exact) mass is 279 g/mol. The number of primary amides is 1. The standard InChI is InChI=1S/C16H29N3O/c17-15(20)16(18)8-3-6-14(10-16)19-9-7-12-4-1-2-5-13(12)11-19/h12-14H,1-11,18H2,(H2,17,20). The van der Waals surface area contributed by atoms with Gasteiger partial charge < -0.3 is 16.4 Å². The maximum atomic E-state index is 11.6. The van der Waals surface area contributed by atoms with Crippen LogP contribution in [-0.4, -0.2) is 35.5 Å². The van der Waals surface area contributed by atoms with E-state index in [1.54, 1.807) is 0 Å². The van der Waals surface area contributed by atoms with Gasteiger partial charge >= 0.3 is 0 Å². The molecule has 3 fully saturated rings. The summed E-state index contributed by atoms with van der Waals surface area (Å²) in [6.07, 6.45) is 10.8.